The zero-order valence-electron chi connectivity index (χ0n) is 8.43. The van der Waals surface area contributed by atoms with Gasteiger partial charge in [-0.3, -0.25) is 4.79 Å². The van der Waals surface area contributed by atoms with Crippen LogP contribution in [0.3, 0.4) is 0 Å². The number of fused-ring (bicyclic) bond motifs is 1. The molecule has 0 fully saturated rings. The van der Waals surface area contributed by atoms with Gasteiger partial charge in [0.25, 0.3) is 0 Å². The molecule has 0 aliphatic carbocycles. The number of carboxylic acid groups (broad SMARTS) is 1. The smallest absolute Gasteiger partial charge is 0.303 e. The minimum Gasteiger partial charge on any atom is -0.481 e. The quantitative estimate of drug-likeness (QED) is 0.852. The predicted octanol–water partition coefficient (Wildman–Crippen LogP) is 2.32. The Morgan fingerprint density at radius 3 is 2.94 bits per heavy atom. The molecular formula is C12H9NO3. The standard InChI is InChI=1S/C12H9NO3/c13-7-8-1-3-11-9(5-8)6-10(16-11)2-4-12(14)15/h1,3,5-6H,2,4H2,(H,14,15). The molecule has 0 saturated heterocycles. The zero-order chi connectivity index (χ0) is 11.5. The molecule has 2 aromatic rings. The molecule has 0 amide bonds. The second-order valence-corrected chi connectivity index (χ2v) is 3.47. The molecule has 0 aliphatic rings. The highest BCUT2D eigenvalue weighted by molar-refractivity contribution is 5.79. The van der Waals surface area contributed by atoms with E-state index in [4.69, 9.17) is 14.8 Å². The average Bonchev–Trinajstić information content (AvgIpc) is 2.67. The van der Waals surface area contributed by atoms with E-state index in [0.29, 0.717) is 23.3 Å². The summed E-state index contributed by atoms with van der Waals surface area (Å²) in [6.45, 7) is 0. The lowest BCUT2D eigenvalue weighted by Gasteiger charge is -1.90. The molecule has 0 radical (unpaired) electrons. The highest BCUT2D eigenvalue weighted by atomic mass is 16.4. The van der Waals surface area contributed by atoms with Crippen molar-refractivity contribution >= 4 is 16.9 Å². The summed E-state index contributed by atoms with van der Waals surface area (Å²) in [4.78, 5) is 10.4. The Morgan fingerprint density at radius 2 is 2.25 bits per heavy atom. The highest BCUT2D eigenvalue weighted by Gasteiger charge is 2.06. The van der Waals surface area contributed by atoms with E-state index < -0.39 is 5.97 Å². The Bertz CT molecular complexity index is 577. The van der Waals surface area contributed by atoms with E-state index in [9.17, 15) is 4.79 Å². The zero-order valence-corrected chi connectivity index (χ0v) is 8.43. The Morgan fingerprint density at radius 1 is 1.44 bits per heavy atom. The van der Waals surface area contributed by atoms with Gasteiger partial charge in [-0.05, 0) is 24.3 Å². The van der Waals surface area contributed by atoms with E-state index in [-0.39, 0.29) is 6.42 Å². The molecule has 16 heavy (non-hydrogen) atoms. The van der Waals surface area contributed by atoms with Crippen molar-refractivity contribution in [2.24, 2.45) is 0 Å². The number of carboxylic acids is 1. The maximum absolute atomic E-state index is 10.4. The number of hydrogen-bond donors (Lipinski definition) is 1. The van der Waals surface area contributed by atoms with Gasteiger partial charge >= 0.3 is 5.97 Å². The van der Waals surface area contributed by atoms with Crippen molar-refractivity contribution in [3.05, 3.63) is 35.6 Å². The Kier molecular flexibility index (Phi) is 2.61. The third kappa shape index (κ3) is 2.04. The van der Waals surface area contributed by atoms with Gasteiger partial charge in [-0.25, -0.2) is 0 Å². The first-order valence-corrected chi connectivity index (χ1v) is 4.83. The number of aliphatic carboxylic acids is 1. The molecule has 0 bridgehead atoms. The van der Waals surface area contributed by atoms with E-state index in [1.165, 1.54) is 0 Å². The van der Waals surface area contributed by atoms with Crippen LogP contribution in [0.4, 0.5) is 0 Å². The van der Waals surface area contributed by atoms with E-state index in [0.717, 1.165) is 5.39 Å². The molecule has 0 saturated carbocycles. The van der Waals surface area contributed by atoms with Gasteiger partial charge in [0.15, 0.2) is 0 Å². The van der Waals surface area contributed by atoms with Crippen LogP contribution < -0.4 is 0 Å². The number of nitrogens with zero attached hydrogens (tertiary/aromatic N) is 1. The van der Waals surface area contributed by atoms with Crippen molar-refractivity contribution in [1.29, 1.82) is 5.26 Å². The van der Waals surface area contributed by atoms with Gasteiger partial charge in [-0.15, -0.1) is 0 Å². The topological polar surface area (TPSA) is 74.2 Å². The molecular weight excluding hydrogens is 206 g/mol. The summed E-state index contributed by atoms with van der Waals surface area (Å²) in [6, 6.07) is 8.94. The van der Waals surface area contributed by atoms with Crippen molar-refractivity contribution < 1.29 is 14.3 Å². The van der Waals surface area contributed by atoms with Crippen LogP contribution in [0.25, 0.3) is 11.0 Å². The SMILES string of the molecule is N#Cc1ccc2oc(CCC(=O)O)cc2c1. The number of aryl methyl sites for hydroxylation is 1. The minimum atomic E-state index is -0.849. The lowest BCUT2D eigenvalue weighted by atomic mass is 10.1. The second-order valence-electron chi connectivity index (χ2n) is 3.47. The van der Waals surface area contributed by atoms with E-state index in [1.807, 2.05) is 6.07 Å². The summed E-state index contributed by atoms with van der Waals surface area (Å²) in [7, 11) is 0. The monoisotopic (exact) mass is 215 g/mol. The average molecular weight is 215 g/mol. The third-order valence-corrected chi connectivity index (χ3v) is 2.28. The molecule has 4 nitrogen and oxygen atoms in total. The molecule has 80 valence electrons. The largest absolute Gasteiger partial charge is 0.481 e. The second kappa shape index (κ2) is 4.07. The first-order valence-electron chi connectivity index (χ1n) is 4.83. The summed E-state index contributed by atoms with van der Waals surface area (Å²) < 4.78 is 5.45. The van der Waals surface area contributed by atoms with E-state index in [1.54, 1.807) is 24.3 Å². The van der Waals surface area contributed by atoms with Gasteiger partial charge in [0.2, 0.25) is 0 Å². The van der Waals surface area contributed by atoms with Crippen LogP contribution in [0.15, 0.2) is 28.7 Å². The molecule has 0 aliphatic heterocycles. The first-order chi connectivity index (χ1) is 7.69. The van der Waals surface area contributed by atoms with Crippen LogP contribution in [-0.4, -0.2) is 11.1 Å². The summed E-state index contributed by atoms with van der Waals surface area (Å²) in [6.07, 6.45) is 0.414. The molecule has 0 unspecified atom stereocenters. The lowest BCUT2D eigenvalue weighted by Crippen LogP contribution is -1.95. The molecule has 0 spiro atoms. The van der Waals surface area contributed by atoms with Crippen molar-refractivity contribution in [2.45, 2.75) is 12.8 Å². The van der Waals surface area contributed by atoms with Crippen LogP contribution in [0.2, 0.25) is 0 Å². The molecule has 4 heteroatoms. The molecule has 1 aromatic heterocycles. The molecule has 1 aromatic carbocycles. The number of carbonyl (C=O) groups is 1. The van der Waals surface area contributed by atoms with Gasteiger partial charge in [0.1, 0.15) is 11.3 Å². The fourth-order valence-electron chi connectivity index (χ4n) is 1.52. The number of benzene rings is 1. The highest BCUT2D eigenvalue weighted by Crippen LogP contribution is 2.21. The Hall–Kier alpha value is -2.28. The molecule has 2 rings (SSSR count). The summed E-state index contributed by atoms with van der Waals surface area (Å²) in [5.41, 5.74) is 1.25. The van der Waals surface area contributed by atoms with Gasteiger partial charge in [0.05, 0.1) is 18.1 Å². The fraction of sp³-hybridized carbons (Fsp3) is 0.167. The molecule has 1 heterocycles. The lowest BCUT2D eigenvalue weighted by molar-refractivity contribution is -0.137. The van der Waals surface area contributed by atoms with Crippen LogP contribution in [0.5, 0.6) is 0 Å². The maximum Gasteiger partial charge on any atom is 0.303 e. The van der Waals surface area contributed by atoms with E-state index >= 15 is 0 Å². The van der Waals surface area contributed by atoms with Crippen molar-refractivity contribution in [2.75, 3.05) is 0 Å². The first kappa shape index (κ1) is 10.2. The summed E-state index contributed by atoms with van der Waals surface area (Å²) in [5.74, 6) is -0.217. The Balaban J connectivity index is 2.30. The Labute approximate surface area is 91.7 Å². The predicted molar refractivity (Wildman–Crippen MR) is 56.9 cm³/mol. The van der Waals surface area contributed by atoms with Crippen LogP contribution >= 0.6 is 0 Å². The summed E-state index contributed by atoms with van der Waals surface area (Å²) >= 11 is 0. The van der Waals surface area contributed by atoms with Gasteiger partial charge in [0, 0.05) is 11.8 Å². The summed E-state index contributed by atoms with van der Waals surface area (Å²) in [5, 5.41) is 18.1. The van der Waals surface area contributed by atoms with Crippen LogP contribution in [0.1, 0.15) is 17.7 Å². The number of furan rings is 1. The van der Waals surface area contributed by atoms with Crippen molar-refractivity contribution in [1.82, 2.24) is 0 Å². The van der Waals surface area contributed by atoms with Gasteiger partial charge in [-0.1, -0.05) is 0 Å². The van der Waals surface area contributed by atoms with Crippen LogP contribution in [0, 0.1) is 11.3 Å². The molecule has 0 atom stereocenters. The van der Waals surface area contributed by atoms with Crippen molar-refractivity contribution in [3.63, 3.8) is 0 Å². The number of hydrogen-bond acceptors (Lipinski definition) is 3. The van der Waals surface area contributed by atoms with Gasteiger partial charge in [-0.2, -0.15) is 5.26 Å². The fourth-order valence-corrected chi connectivity index (χ4v) is 1.52. The third-order valence-electron chi connectivity index (χ3n) is 2.28. The number of rotatable bonds is 3. The maximum atomic E-state index is 10.4. The minimum absolute atomic E-state index is 0.0466. The number of nitriles is 1. The van der Waals surface area contributed by atoms with Crippen molar-refractivity contribution in [3.8, 4) is 6.07 Å². The van der Waals surface area contributed by atoms with E-state index in [2.05, 4.69) is 0 Å². The normalized spacial score (nSPS) is 10.2. The van der Waals surface area contributed by atoms with Gasteiger partial charge < -0.3 is 9.52 Å². The molecule has 1 N–H and O–H groups in total. The van der Waals surface area contributed by atoms with Crippen LogP contribution in [-0.2, 0) is 11.2 Å².